The topological polar surface area (TPSA) is 123 Å². The Morgan fingerprint density at radius 3 is 2.37 bits per heavy atom. The fraction of sp³-hybridized carbons (Fsp3) is 0.200. The summed E-state index contributed by atoms with van der Waals surface area (Å²) in [5.41, 5.74) is 9.07. The van der Waals surface area contributed by atoms with E-state index in [1.807, 2.05) is 58.6 Å². The van der Waals surface area contributed by atoms with Crippen LogP contribution in [0.2, 0.25) is 0 Å². The zero-order valence-electron chi connectivity index (χ0n) is 22.2. The van der Waals surface area contributed by atoms with Crippen molar-refractivity contribution < 1.29 is 19.2 Å². The zero-order valence-corrected chi connectivity index (χ0v) is 22.2. The number of anilines is 3. The molecule has 1 unspecified atom stereocenters. The van der Waals surface area contributed by atoms with Gasteiger partial charge in [0.05, 0.1) is 23.1 Å². The number of para-hydroxylation sites is 2. The molecule has 2 aliphatic rings. The molecule has 3 heterocycles. The Hall–Kier alpha value is -5.16. The summed E-state index contributed by atoms with van der Waals surface area (Å²) in [7, 11) is 0. The third kappa shape index (κ3) is 5.48. The fourth-order valence-corrected chi connectivity index (χ4v) is 5.31. The van der Waals surface area contributed by atoms with E-state index in [4.69, 9.17) is 4.84 Å². The van der Waals surface area contributed by atoms with Gasteiger partial charge in [0.1, 0.15) is 0 Å². The van der Waals surface area contributed by atoms with Gasteiger partial charge in [0.15, 0.2) is 0 Å². The number of hydrogen-bond acceptors (Lipinski definition) is 7. The molecule has 1 aromatic heterocycles. The lowest BCUT2D eigenvalue weighted by molar-refractivity contribution is 0.0137. The largest absolute Gasteiger partial charge is 0.358 e. The van der Waals surface area contributed by atoms with Gasteiger partial charge in [-0.05, 0) is 60.5 Å². The SMILES string of the molecule is O=C(NNOC(=O)c1ccc(N2CCN(C(=O)N3CCC(c4cn[nH]c4)C3)c3ccccc32)cc1)c1ccccc1. The van der Waals surface area contributed by atoms with Crippen molar-refractivity contribution in [2.24, 2.45) is 0 Å². The minimum absolute atomic E-state index is 0.00745. The predicted molar refractivity (Wildman–Crippen MR) is 153 cm³/mol. The Morgan fingerprint density at radius 1 is 0.854 bits per heavy atom. The number of amides is 3. The number of fused-ring (bicyclic) bond motifs is 1. The van der Waals surface area contributed by atoms with Gasteiger partial charge < -0.3 is 14.6 Å². The molecule has 208 valence electrons. The van der Waals surface area contributed by atoms with E-state index in [9.17, 15) is 14.4 Å². The van der Waals surface area contributed by atoms with Crippen molar-refractivity contribution in [1.82, 2.24) is 26.1 Å². The molecule has 3 amide bonds. The number of aromatic amines is 1. The van der Waals surface area contributed by atoms with Crippen molar-refractivity contribution in [2.75, 3.05) is 36.0 Å². The Labute approximate surface area is 236 Å². The van der Waals surface area contributed by atoms with Gasteiger partial charge in [0.2, 0.25) is 0 Å². The van der Waals surface area contributed by atoms with Crippen LogP contribution < -0.4 is 20.8 Å². The number of aromatic nitrogens is 2. The number of rotatable bonds is 6. The number of hydrazine groups is 1. The number of hydrogen-bond donors (Lipinski definition) is 3. The lowest BCUT2D eigenvalue weighted by Gasteiger charge is -2.39. The molecule has 1 saturated heterocycles. The zero-order chi connectivity index (χ0) is 28.2. The van der Waals surface area contributed by atoms with Crippen molar-refractivity contribution in [3.63, 3.8) is 0 Å². The van der Waals surface area contributed by atoms with E-state index in [0.717, 1.165) is 29.0 Å². The highest BCUT2D eigenvalue weighted by atomic mass is 16.7. The third-order valence-corrected chi connectivity index (χ3v) is 7.45. The molecule has 3 aromatic carbocycles. The summed E-state index contributed by atoms with van der Waals surface area (Å²) in [5.74, 6) is -0.776. The third-order valence-electron chi connectivity index (χ3n) is 7.45. The minimum Gasteiger partial charge on any atom is -0.346 e. The van der Waals surface area contributed by atoms with Gasteiger partial charge in [0.25, 0.3) is 5.91 Å². The van der Waals surface area contributed by atoms with Crippen LogP contribution in [0.15, 0.2) is 91.3 Å². The number of nitrogens with one attached hydrogen (secondary N) is 3. The van der Waals surface area contributed by atoms with Crippen LogP contribution in [-0.2, 0) is 4.84 Å². The standard InChI is InChI=1S/C30H29N7O4/c38-28(21-6-2-1-3-7-21)33-34-41-29(39)22-10-12-25(13-11-22)36-16-17-37(27-9-5-4-8-26(27)36)30(40)35-15-14-23(20-35)24-18-31-32-19-24/h1-13,18-19,23,34H,14-17,20H2,(H,31,32)(H,33,38). The molecular formula is C30H29N7O4. The van der Waals surface area contributed by atoms with Crippen LogP contribution in [0.25, 0.3) is 0 Å². The van der Waals surface area contributed by atoms with Crippen LogP contribution in [-0.4, -0.2) is 59.2 Å². The second-order valence-corrected chi connectivity index (χ2v) is 9.90. The molecular weight excluding hydrogens is 522 g/mol. The monoisotopic (exact) mass is 551 g/mol. The molecule has 1 atom stereocenters. The summed E-state index contributed by atoms with van der Waals surface area (Å²) >= 11 is 0. The molecule has 41 heavy (non-hydrogen) atoms. The number of benzene rings is 3. The Balaban J connectivity index is 1.09. The number of H-pyrrole nitrogens is 1. The van der Waals surface area contributed by atoms with E-state index < -0.39 is 11.9 Å². The van der Waals surface area contributed by atoms with Gasteiger partial charge in [-0.25, -0.2) is 9.59 Å². The van der Waals surface area contributed by atoms with Crippen LogP contribution in [0.5, 0.6) is 0 Å². The highest BCUT2D eigenvalue weighted by Gasteiger charge is 2.34. The molecule has 11 heteroatoms. The second-order valence-electron chi connectivity index (χ2n) is 9.90. The second kappa shape index (κ2) is 11.5. The van der Waals surface area contributed by atoms with Crippen LogP contribution >= 0.6 is 0 Å². The molecule has 11 nitrogen and oxygen atoms in total. The van der Waals surface area contributed by atoms with Crippen LogP contribution in [0.1, 0.15) is 38.6 Å². The number of carbonyl (C=O) groups is 3. The van der Waals surface area contributed by atoms with Gasteiger partial charge in [-0.3, -0.25) is 20.2 Å². The Bertz CT molecular complexity index is 1530. The number of nitrogens with zero attached hydrogens (tertiary/aromatic N) is 4. The highest BCUT2D eigenvalue weighted by molar-refractivity contribution is 5.98. The maximum absolute atomic E-state index is 13.6. The van der Waals surface area contributed by atoms with Crippen molar-refractivity contribution in [2.45, 2.75) is 12.3 Å². The first-order valence-corrected chi connectivity index (χ1v) is 13.4. The normalized spacial score (nSPS) is 16.3. The van der Waals surface area contributed by atoms with Gasteiger partial charge in [0, 0.05) is 49.5 Å². The molecule has 0 aliphatic carbocycles. The molecule has 0 radical (unpaired) electrons. The van der Waals surface area contributed by atoms with E-state index in [1.54, 1.807) is 42.5 Å². The van der Waals surface area contributed by atoms with Crippen LogP contribution in [0.3, 0.4) is 0 Å². The predicted octanol–water partition coefficient (Wildman–Crippen LogP) is 3.98. The molecule has 4 aromatic rings. The van der Waals surface area contributed by atoms with Crippen molar-refractivity contribution >= 4 is 35.0 Å². The van der Waals surface area contributed by atoms with Gasteiger partial charge in [-0.1, -0.05) is 35.9 Å². The van der Waals surface area contributed by atoms with Gasteiger partial charge >= 0.3 is 12.0 Å². The molecule has 1 fully saturated rings. The molecule has 0 saturated carbocycles. The number of urea groups is 1. The van der Waals surface area contributed by atoms with E-state index in [0.29, 0.717) is 37.3 Å². The minimum atomic E-state index is -0.639. The summed E-state index contributed by atoms with van der Waals surface area (Å²) < 4.78 is 0. The Kier molecular flexibility index (Phi) is 7.33. The molecule has 0 bridgehead atoms. The average molecular weight is 552 g/mol. The lowest BCUT2D eigenvalue weighted by atomic mass is 10.0. The maximum Gasteiger partial charge on any atom is 0.358 e. The quantitative estimate of drug-likeness (QED) is 0.310. The lowest BCUT2D eigenvalue weighted by Crippen LogP contribution is -2.48. The summed E-state index contributed by atoms with van der Waals surface area (Å²) in [4.78, 5) is 49.0. The summed E-state index contributed by atoms with van der Waals surface area (Å²) in [6.45, 7) is 2.50. The van der Waals surface area contributed by atoms with Gasteiger partial charge in [-0.15, -0.1) is 0 Å². The van der Waals surface area contributed by atoms with Crippen molar-refractivity contribution in [3.05, 3.63) is 108 Å². The van der Waals surface area contributed by atoms with E-state index in [2.05, 4.69) is 26.1 Å². The van der Waals surface area contributed by atoms with Gasteiger partial charge in [-0.2, -0.15) is 5.10 Å². The van der Waals surface area contributed by atoms with Crippen molar-refractivity contribution in [1.29, 1.82) is 0 Å². The molecule has 0 spiro atoms. The van der Waals surface area contributed by atoms with E-state index in [1.165, 1.54) is 0 Å². The first-order valence-electron chi connectivity index (χ1n) is 13.4. The highest BCUT2D eigenvalue weighted by Crippen LogP contribution is 2.39. The molecule has 2 aliphatic heterocycles. The average Bonchev–Trinajstić information content (AvgIpc) is 3.74. The van der Waals surface area contributed by atoms with Crippen LogP contribution in [0.4, 0.5) is 21.9 Å². The first kappa shape index (κ1) is 26.1. The molecule has 6 rings (SSSR count). The van der Waals surface area contributed by atoms with E-state index >= 15 is 0 Å². The summed E-state index contributed by atoms with van der Waals surface area (Å²) in [5, 5.41) is 6.91. The first-order chi connectivity index (χ1) is 20.1. The molecule has 3 N–H and O–H groups in total. The van der Waals surface area contributed by atoms with Crippen LogP contribution in [0, 0.1) is 0 Å². The maximum atomic E-state index is 13.6. The smallest absolute Gasteiger partial charge is 0.346 e. The number of carbonyl (C=O) groups excluding carboxylic acids is 3. The van der Waals surface area contributed by atoms with Crippen molar-refractivity contribution in [3.8, 4) is 0 Å². The fourth-order valence-electron chi connectivity index (χ4n) is 5.31. The summed E-state index contributed by atoms with van der Waals surface area (Å²) in [6.07, 6.45) is 4.65. The summed E-state index contributed by atoms with van der Waals surface area (Å²) in [6, 6.07) is 23.4. The van der Waals surface area contributed by atoms with E-state index in [-0.39, 0.29) is 11.9 Å². The Morgan fingerprint density at radius 2 is 1.61 bits per heavy atom. The number of likely N-dealkylation sites (tertiary alicyclic amines) is 1.